The van der Waals surface area contributed by atoms with Gasteiger partial charge in [-0.1, -0.05) is 6.07 Å². The maximum Gasteiger partial charge on any atom is 0.426 e. The van der Waals surface area contributed by atoms with Gasteiger partial charge in [0.1, 0.15) is 0 Å². The SMILES string of the molecule is CC(F)(c1ccc(-n2cc(-c3ccnc(N)c3[N+](=O)[O-])cn2)nc1)C(F)(F)F. The summed E-state index contributed by atoms with van der Waals surface area (Å²) in [6.45, 7) is 0.405. The number of nitro groups is 1. The lowest BCUT2D eigenvalue weighted by Gasteiger charge is -2.23. The van der Waals surface area contributed by atoms with Crippen LogP contribution in [0.5, 0.6) is 0 Å². The van der Waals surface area contributed by atoms with Crippen LogP contribution in [0.4, 0.5) is 29.1 Å². The number of nitrogens with zero attached hydrogens (tertiary/aromatic N) is 5. The van der Waals surface area contributed by atoms with E-state index < -0.39 is 28.0 Å². The first-order valence-electron chi connectivity index (χ1n) is 7.69. The Morgan fingerprint density at radius 2 is 1.86 bits per heavy atom. The smallest absolute Gasteiger partial charge is 0.378 e. The first kappa shape index (κ1) is 19.2. The molecule has 0 aromatic carbocycles. The van der Waals surface area contributed by atoms with Gasteiger partial charge in [-0.05, 0) is 19.1 Å². The molecule has 8 nitrogen and oxygen atoms in total. The summed E-state index contributed by atoms with van der Waals surface area (Å²) in [7, 11) is 0. The van der Waals surface area contributed by atoms with Crippen molar-refractivity contribution in [3.63, 3.8) is 0 Å². The fourth-order valence-electron chi connectivity index (χ4n) is 2.45. The van der Waals surface area contributed by atoms with E-state index in [0.717, 1.165) is 18.3 Å². The normalized spacial score (nSPS) is 13.9. The number of nitrogens with two attached hydrogens (primary N) is 1. The zero-order valence-electron chi connectivity index (χ0n) is 14.2. The number of hydrogen-bond acceptors (Lipinski definition) is 6. The summed E-state index contributed by atoms with van der Waals surface area (Å²) in [5, 5.41) is 15.2. The second-order valence-corrected chi connectivity index (χ2v) is 5.93. The lowest BCUT2D eigenvalue weighted by atomic mass is 9.99. The topological polar surface area (TPSA) is 113 Å². The standard InChI is InChI=1S/C16H12F4N6O2/c1-15(17,16(18,19)20)10-2-3-12(23-7-10)25-8-9(6-24-25)11-4-5-22-14(21)13(11)26(27)28/h2-8H,1H3,(H2,21,22). The fraction of sp³-hybridized carbons (Fsp3) is 0.188. The fourth-order valence-corrected chi connectivity index (χ4v) is 2.45. The van der Waals surface area contributed by atoms with Gasteiger partial charge in [0.05, 0.1) is 16.7 Å². The van der Waals surface area contributed by atoms with Crippen LogP contribution in [0, 0.1) is 10.1 Å². The Hall–Kier alpha value is -3.57. The van der Waals surface area contributed by atoms with Crippen LogP contribution in [0.25, 0.3) is 16.9 Å². The van der Waals surface area contributed by atoms with E-state index in [-0.39, 0.29) is 17.2 Å². The van der Waals surface area contributed by atoms with Gasteiger partial charge in [-0.25, -0.2) is 19.0 Å². The monoisotopic (exact) mass is 396 g/mol. The minimum absolute atomic E-state index is 0.0951. The van der Waals surface area contributed by atoms with Crippen molar-refractivity contribution in [2.75, 3.05) is 5.73 Å². The van der Waals surface area contributed by atoms with Gasteiger partial charge in [-0.2, -0.15) is 18.3 Å². The minimum Gasteiger partial charge on any atom is -0.378 e. The molecule has 0 aliphatic carbocycles. The van der Waals surface area contributed by atoms with Crippen molar-refractivity contribution in [2.24, 2.45) is 0 Å². The van der Waals surface area contributed by atoms with Gasteiger partial charge in [0, 0.05) is 29.7 Å². The Morgan fingerprint density at radius 3 is 2.43 bits per heavy atom. The molecular formula is C16H12F4N6O2. The first-order valence-corrected chi connectivity index (χ1v) is 7.69. The molecule has 3 heterocycles. The Bertz CT molecular complexity index is 1030. The van der Waals surface area contributed by atoms with E-state index in [1.807, 2.05) is 0 Å². The zero-order valence-corrected chi connectivity index (χ0v) is 14.2. The number of halogens is 4. The van der Waals surface area contributed by atoms with Gasteiger partial charge < -0.3 is 5.73 Å². The van der Waals surface area contributed by atoms with Crippen molar-refractivity contribution >= 4 is 11.5 Å². The van der Waals surface area contributed by atoms with E-state index in [1.54, 1.807) is 0 Å². The van der Waals surface area contributed by atoms with E-state index in [4.69, 9.17) is 5.73 Å². The Morgan fingerprint density at radius 1 is 1.14 bits per heavy atom. The second-order valence-electron chi connectivity index (χ2n) is 5.93. The molecule has 2 N–H and O–H groups in total. The highest BCUT2D eigenvalue weighted by Gasteiger charge is 2.53. The van der Waals surface area contributed by atoms with E-state index >= 15 is 0 Å². The number of aromatic nitrogens is 4. The summed E-state index contributed by atoms with van der Waals surface area (Å²) < 4.78 is 53.5. The Labute approximate surface area is 154 Å². The molecular weight excluding hydrogens is 384 g/mol. The average Bonchev–Trinajstić information content (AvgIpc) is 3.10. The largest absolute Gasteiger partial charge is 0.426 e. The molecule has 3 rings (SSSR count). The lowest BCUT2D eigenvalue weighted by molar-refractivity contribution is -0.383. The highest BCUT2D eigenvalue weighted by atomic mass is 19.4. The molecule has 0 aliphatic rings. The van der Waals surface area contributed by atoms with Gasteiger partial charge in [0.25, 0.3) is 0 Å². The third-order valence-corrected chi connectivity index (χ3v) is 4.09. The van der Waals surface area contributed by atoms with Crippen molar-refractivity contribution in [3.05, 3.63) is 58.7 Å². The summed E-state index contributed by atoms with van der Waals surface area (Å²) in [5.41, 5.74) is 1.42. The van der Waals surface area contributed by atoms with Gasteiger partial charge >= 0.3 is 11.9 Å². The van der Waals surface area contributed by atoms with E-state index in [0.29, 0.717) is 12.5 Å². The Kier molecular flexibility index (Phi) is 4.49. The third kappa shape index (κ3) is 3.23. The highest BCUT2D eigenvalue weighted by Crippen LogP contribution is 2.41. The van der Waals surface area contributed by atoms with Crippen LogP contribution in [-0.4, -0.2) is 30.8 Å². The van der Waals surface area contributed by atoms with Crippen molar-refractivity contribution < 1.29 is 22.5 Å². The predicted octanol–water partition coefficient (Wildman–Crippen LogP) is 3.57. The molecule has 3 aromatic heterocycles. The van der Waals surface area contributed by atoms with E-state index in [9.17, 15) is 27.7 Å². The number of anilines is 1. The summed E-state index contributed by atoms with van der Waals surface area (Å²) in [6, 6.07) is 3.49. The molecule has 0 fully saturated rings. The predicted molar refractivity (Wildman–Crippen MR) is 90.2 cm³/mol. The van der Waals surface area contributed by atoms with Crippen LogP contribution in [0.2, 0.25) is 0 Å². The van der Waals surface area contributed by atoms with Crippen molar-refractivity contribution in [1.29, 1.82) is 0 Å². The lowest BCUT2D eigenvalue weighted by Crippen LogP contribution is -2.35. The number of alkyl halides is 4. The summed E-state index contributed by atoms with van der Waals surface area (Å²) in [5.74, 6) is -0.176. The average molecular weight is 396 g/mol. The molecule has 0 radical (unpaired) electrons. The minimum atomic E-state index is -5.09. The molecule has 28 heavy (non-hydrogen) atoms. The van der Waals surface area contributed by atoms with Crippen LogP contribution in [0.1, 0.15) is 12.5 Å². The second kappa shape index (κ2) is 6.55. The van der Waals surface area contributed by atoms with Crippen LogP contribution in [0.15, 0.2) is 43.0 Å². The summed E-state index contributed by atoms with van der Waals surface area (Å²) in [4.78, 5) is 18.0. The van der Waals surface area contributed by atoms with E-state index in [1.165, 1.54) is 29.3 Å². The van der Waals surface area contributed by atoms with Gasteiger partial charge in [-0.3, -0.25) is 10.1 Å². The maximum absolute atomic E-state index is 14.0. The summed E-state index contributed by atoms with van der Waals surface area (Å²) >= 11 is 0. The number of hydrogen-bond donors (Lipinski definition) is 1. The molecule has 1 atom stereocenters. The maximum atomic E-state index is 14.0. The van der Waals surface area contributed by atoms with Crippen LogP contribution >= 0.6 is 0 Å². The molecule has 12 heteroatoms. The molecule has 0 bridgehead atoms. The number of nitrogen functional groups attached to an aromatic ring is 1. The number of rotatable bonds is 4. The van der Waals surface area contributed by atoms with Crippen molar-refractivity contribution in [3.8, 4) is 16.9 Å². The summed E-state index contributed by atoms with van der Waals surface area (Å²) in [6.07, 6.45) is -0.359. The van der Waals surface area contributed by atoms with Crippen molar-refractivity contribution in [2.45, 2.75) is 18.8 Å². The van der Waals surface area contributed by atoms with Gasteiger partial charge in [0.2, 0.25) is 11.5 Å². The molecule has 0 amide bonds. The van der Waals surface area contributed by atoms with E-state index in [2.05, 4.69) is 15.1 Å². The Balaban J connectivity index is 1.96. The van der Waals surface area contributed by atoms with Gasteiger partial charge in [0.15, 0.2) is 5.82 Å². The molecule has 146 valence electrons. The first-order chi connectivity index (χ1) is 13.0. The highest BCUT2D eigenvalue weighted by molar-refractivity contribution is 5.78. The van der Waals surface area contributed by atoms with Crippen LogP contribution in [-0.2, 0) is 5.67 Å². The van der Waals surface area contributed by atoms with Crippen LogP contribution in [0.3, 0.4) is 0 Å². The van der Waals surface area contributed by atoms with Crippen molar-refractivity contribution in [1.82, 2.24) is 19.7 Å². The van der Waals surface area contributed by atoms with Gasteiger partial charge in [-0.15, -0.1) is 0 Å². The molecule has 0 aliphatic heterocycles. The van der Waals surface area contributed by atoms with Crippen LogP contribution < -0.4 is 5.73 Å². The molecule has 0 spiro atoms. The quantitative estimate of drug-likeness (QED) is 0.410. The number of pyridine rings is 2. The third-order valence-electron chi connectivity index (χ3n) is 4.09. The molecule has 0 saturated carbocycles. The zero-order chi connectivity index (χ0) is 20.7. The molecule has 0 saturated heterocycles. The molecule has 1 unspecified atom stereocenters. The molecule has 3 aromatic rings.